The molecule has 0 saturated heterocycles. The SMILES string of the molecule is C/C(=N/Nc1ccccn1)c1ccc(OC(C)C)cc1. The fraction of sp³-hybridized carbons (Fsp3) is 0.250. The number of aromatic nitrogens is 1. The van der Waals surface area contributed by atoms with Crippen molar-refractivity contribution in [2.75, 3.05) is 5.43 Å². The number of benzene rings is 1. The quantitative estimate of drug-likeness (QED) is 0.665. The van der Waals surface area contributed by atoms with Crippen molar-refractivity contribution in [2.45, 2.75) is 26.9 Å². The number of nitrogens with zero attached hydrogens (tertiary/aromatic N) is 2. The molecular weight excluding hydrogens is 250 g/mol. The van der Waals surface area contributed by atoms with Gasteiger partial charge >= 0.3 is 0 Å². The maximum atomic E-state index is 5.61. The maximum absolute atomic E-state index is 5.61. The van der Waals surface area contributed by atoms with Crippen molar-refractivity contribution in [1.29, 1.82) is 0 Å². The van der Waals surface area contributed by atoms with Crippen molar-refractivity contribution in [3.05, 3.63) is 54.2 Å². The predicted molar refractivity (Wildman–Crippen MR) is 82.3 cm³/mol. The first-order chi connectivity index (χ1) is 9.65. The van der Waals surface area contributed by atoms with Gasteiger partial charge in [0.1, 0.15) is 11.6 Å². The summed E-state index contributed by atoms with van der Waals surface area (Å²) in [6.07, 6.45) is 1.91. The van der Waals surface area contributed by atoms with Crippen molar-refractivity contribution >= 4 is 11.5 Å². The molecule has 0 aliphatic rings. The van der Waals surface area contributed by atoms with Gasteiger partial charge in [0.2, 0.25) is 0 Å². The molecule has 1 aromatic heterocycles. The minimum Gasteiger partial charge on any atom is -0.491 e. The Balaban J connectivity index is 2.03. The number of hydrogen-bond acceptors (Lipinski definition) is 4. The Morgan fingerprint density at radius 2 is 1.90 bits per heavy atom. The third-order valence-corrected chi connectivity index (χ3v) is 2.65. The highest BCUT2D eigenvalue weighted by molar-refractivity contribution is 5.99. The van der Waals surface area contributed by atoms with Gasteiger partial charge in [-0.05, 0) is 62.7 Å². The second-order valence-electron chi connectivity index (χ2n) is 4.71. The lowest BCUT2D eigenvalue weighted by Crippen LogP contribution is -2.06. The molecule has 0 aliphatic heterocycles. The Morgan fingerprint density at radius 1 is 1.15 bits per heavy atom. The molecule has 20 heavy (non-hydrogen) atoms. The molecule has 2 rings (SSSR count). The van der Waals surface area contributed by atoms with Crippen molar-refractivity contribution in [3.63, 3.8) is 0 Å². The molecule has 0 saturated carbocycles. The van der Waals surface area contributed by atoms with Crippen molar-refractivity contribution < 1.29 is 4.74 Å². The Labute approximate surface area is 119 Å². The van der Waals surface area contributed by atoms with Crippen molar-refractivity contribution in [2.24, 2.45) is 5.10 Å². The van der Waals surface area contributed by atoms with E-state index < -0.39 is 0 Å². The number of hydrazone groups is 1. The lowest BCUT2D eigenvalue weighted by Gasteiger charge is -2.10. The van der Waals surface area contributed by atoms with Gasteiger partial charge in [0.25, 0.3) is 0 Å². The van der Waals surface area contributed by atoms with E-state index >= 15 is 0 Å². The van der Waals surface area contributed by atoms with Gasteiger partial charge in [-0.15, -0.1) is 0 Å². The third kappa shape index (κ3) is 4.09. The number of nitrogens with one attached hydrogen (secondary N) is 1. The molecule has 0 atom stereocenters. The maximum Gasteiger partial charge on any atom is 0.146 e. The summed E-state index contributed by atoms with van der Waals surface area (Å²) < 4.78 is 5.61. The summed E-state index contributed by atoms with van der Waals surface area (Å²) in [6, 6.07) is 13.6. The lowest BCUT2D eigenvalue weighted by atomic mass is 10.1. The van der Waals surface area contributed by atoms with Gasteiger partial charge in [-0.2, -0.15) is 5.10 Å². The zero-order valence-electron chi connectivity index (χ0n) is 12.0. The van der Waals surface area contributed by atoms with E-state index in [0.717, 1.165) is 22.8 Å². The van der Waals surface area contributed by atoms with Crippen LogP contribution in [0.15, 0.2) is 53.8 Å². The highest BCUT2D eigenvalue weighted by atomic mass is 16.5. The molecule has 4 nitrogen and oxygen atoms in total. The summed E-state index contributed by atoms with van der Waals surface area (Å²) in [5.41, 5.74) is 4.88. The molecule has 1 aromatic carbocycles. The molecule has 4 heteroatoms. The lowest BCUT2D eigenvalue weighted by molar-refractivity contribution is 0.242. The van der Waals surface area contributed by atoms with Gasteiger partial charge in [-0.25, -0.2) is 4.98 Å². The van der Waals surface area contributed by atoms with Gasteiger partial charge in [0.15, 0.2) is 0 Å². The minimum absolute atomic E-state index is 0.182. The van der Waals surface area contributed by atoms with Gasteiger partial charge in [0, 0.05) is 6.20 Å². The number of anilines is 1. The van der Waals surface area contributed by atoms with E-state index in [4.69, 9.17) is 4.74 Å². The molecule has 0 spiro atoms. The van der Waals surface area contributed by atoms with E-state index in [1.54, 1.807) is 6.20 Å². The van der Waals surface area contributed by atoms with Crippen LogP contribution in [0.1, 0.15) is 26.3 Å². The summed E-state index contributed by atoms with van der Waals surface area (Å²) in [4.78, 5) is 4.15. The fourth-order valence-electron chi connectivity index (χ4n) is 1.68. The minimum atomic E-state index is 0.182. The highest BCUT2D eigenvalue weighted by Gasteiger charge is 2.00. The van der Waals surface area contributed by atoms with Crippen molar-refractivity contribution in [1.82, 2.24) is 4.98 Å². The molecule has 1 heterocycles. The average Bonchev–Trinajstić information content (AvgIpc) is 2.46. The number of rotatable bonds is 5. The van der Waals surface area contributed by atoms with E-state index in [9.17, 15) is 0 Å². The topological polar surface area (TPSA) is 46.5 Å². The average molecular weight is 269 g/mol. The molecule has 0 amide bonds. The van der Waals surface area contributed by atoms with E-state index in [0.29, 0.717) is 0 Å². The van der Waals surface area contributed by atoms with Gasteiger partial charge < -0.3 is 4.74 Å². The van der Waals surface area contributed by atoms with Crippen LogP contribution in [0.4, 0.5) is 5.82 Å². The smallest absolute Gasteiger partial charge is 0.146 e. The van der Waals surface area contributed by atoms with Crippen LogP contribution in [0.5, 0.6) is 5.75 Å². The Hall–Kier alpha value is -2.36. The molecule has 0 radical (unpaired) electrons. The van der Waals surface area contributed by atoms with Gasteiger partial charge in [-0.1, -0.05) is 6.07 Å². The molecule has 0 unspecified atom stereocenters. The van der Waals surface area contributed by atoms with Gasteiger partial charge in [-0.3, -0.25) is 5.43 Å². The first-order valence-corrected chi connectivity index (χ1v) is 6.63. The van der Waals surface area contributed by atoms with Crippen LogP contribution >= 0.6 is 0 Å². The van der Waals surface area contributed by atoms with Gasteiger partial charge in [0.05, 0.1) is 11.8 Å². The van der Waals surface area contributed by atoms with Crippen LogP contribution < -0.4 is 10.2 Å². The molecule has 0 bridgehead atoms. The van der Waals surface area contributed by atoms with Crippen LogP contribution in [-0.4, -0.2) is 16.8 Å². The normalized spacial score (nSPS) is 11.5. The number of ether oxygens (including phenoxy) is 1. The summed E-state index contributed by atoms with van der Waals surface area (Å²) in [5, 5.41) is 4.32. The molecule has 2 aromatic rings. The summed E-state index contributed by atoms with van der Waals surface area (Å²) in [7, 11) is 0. The van der Waals surface area contributed by atoms with Crippen LogP contribution in [0, 0.1) is 0 Å². The molecule has 0 fully saturated rings. The highest BCUT2D eigenvalue weighted by Crippen LogP contribution is 2.14. The second-order valence-corrected chi connectivity index (χ2v) is 4.71. The predicted octanol–water partition coefficient (Wildman–Crippen LogP) is 3.70. The van der Waals surface area contributed by atoms with E-state index in [1.165, 1.54) is 0 Å². The first-order valence-electron chi connectivity index (χ1n) is 6.63. The summed E-state index contributed by atoms with van der Waals surface area (Å²) in [6.45, 7) is 5.98. The van der Waals surface area contributed by atoms with E-state index in [2.05, 4.69) is 15.5 Å². The fourth-order valence-corrected chi connectivity index (χ4v) is 1.68. The monoisotopic (exact) mass is 269 g/mol. The molecule has 1 N–H and O–H groups in total. The number of hydrogen-bond donors (Lipinski definition) is 1. The zero-order chi connectivity index (χ0) is 14.4. The Bertz CT molecular complexity index is 562. The Morgan fingerprint density at radius 3 is 2.50 bits per heavy atom. The largest absolute Gasteiger partial charge is 0.491 e. The Kier molecular flexibility index (Phi) is 4.71. The second kappa shape index (κ2) is 6.70. The first kappa shape index (κ1) is 14.1. The standard InChI is InChI=1S/C16H19N3O/c1-12(2)20-15-9-7-14(8-10-15)13(3)18-19-16-6-4-5-11-17-16/h4-12H,1-3H3,(H,17,19)/b18-13-. The zero-order valence-corrected chi connectivity index (χ0v) is 12.0. The summed E-state index contributed by atoms with van der Waals surface area (Å²) in [5.74, 6) is 1.60. The third-order valence-electron chi connectivity index (χ3n) is 2.65. The van der Waals surface area contributed by atoms with E-state index in [1.807, 2.05) is 63.2 Å². The van der Waals surface area contributed by atoms with E-state index in [-0.39, 0.29) is 6.10 Å². The number of pyridine rings is 1. The summed E-state index contributed by atoms with van der Waals surface area (Å²) >= 11 is 0. The van der Waals surface area contributed by atoms with Crippen LogP contribution in [0.3, 0.4) is 0 Å². The molecular formula is C16H19N3O. The molecule has 104 valence electrons. The molecule has 0 aliphatic carbocycles. The van der Waals surface area contributed by atoms with Crippen LogP contribution in [0.2, 0.25) is 0 Å². The van der Waals surface area contributed by atoms with Crippen LogP contribution in [0.25, 0.3) is 0 Å². The van der Waals surface area contributed by atoms with Crippen molar-refractivity contribution in [3.8, 4) is 5.75 Å². The van der Waals surface area contributed by atoms with Crippen LogP contribution in [-0.2, 0) is 0 Å².